The lowest BCUT2D eigenvalue weighted by molar-refractivity contribution is 0.0774. The van der Waals surface area contributed by atoms with Crippen LogP contribution in [0.4, 0.5) is 0 Å². The highest BCUT2D eigenvalue weighted by Crippen LogP contribution is 2.13. The van der Waals surface area contributed by atoms with Crippen molar-refractivity contribution in [3.8, 4) is 0 Å². The van der Waals surface area contributed by atoms with Gasteiger partial charge in [0.05, 0.1) is 18.9 Å². The van der Waals surface area contributed by atoms with Gasteiger partial charge < -0.3 is 14.8 Å². The lowest BCUT2D eigenvalue weighted by Crippen LogP contribution is -2.42. The molecule has 1 aromatic heterocycles. The van der Waals surface area contributed by atoms with Gasteiger partial charge in [-0.05, 0) is 18.7 Å². The molecule has 2 N–H and O–H groups in total. The number of aliphatic hydroxyl groups excluding tert-OH is 1. The Morgan fingerprint density at radius 2 is 2.47 bits per heavy atom. The molecule has 4 nitrogen and oxygen atoms in total. The standard InChI is InChI=1S/C11H18N2O2/c1-2-13(8-9-4-3-5-15-9)10-6-12-7-11(10)14/h3-5,10-12,14H,2,6-8H2,1H3/t10-,11-/m1/s1. The summed E-state index contributed by atoms with van der Waals surface area (Å²) in [4.78, 5) is 2.24. The van der Waals surface area contributed by atoms with Gasteiger partial charge in [-0.1, -0.05) is 6.92 Å². The lowest BCUT2D eigenvalue weighted by Gasteiger charge is -2.28. The van der Waals surface area contributed by atoms with Gasteiger partial charge >= 0.3 is 0 Å². The lowest BCUT2D eigenvalue weighted by atomic mass is 10.1. The molecule has 0 amide bonds. The van der Waals surface area contributed by atoms with E-state index in [2.05, 4.69) is 17.1 Å². The predicted octanol–water partition coefficient (Wildman–Crippen LogP) is 0.434. The Hall–Kier alpha value is -0.840. The number of nitrogens with one attached hydrogen (secondary N) is 1. The minimum absolute atomic E-state index is 0.208. The second kappa shape index (κ2) is 4.79. The molecule has 0 saturated carbocycles. The van der Waals surface area contributed by atoms with Crippen LogP contribution in [-0.4, -0.2) is 41.8 Å². The third-order valence-corrected chi connectivity index (χ3v) is 2.97. The molecule has 84 valence electrons. The van der Waals surface area contributed by atoms with Crippen molar-refractivity contribution in [1.29, 1.82) is 0 Å². The van der Waals surface area contributed by atoms with E-state index in [9.17, 15) is 5.11 Å². The molecule has 0 bridgehead atoms. The first-order valence-corrected chi connectivity index (χ1v) is 5.46. The maximum atomic E-state index is 9.78. The fourth-order valence-corrected chi connectivity index (χ4v) is 2.09. The highest BCUT2D eigenvalue weighted by molar-refractivity contribution is 4.99. The quantitative estimate of drug-likeness (QED) is 0.757. The predicted molar refractivity (Wildman–Crippen MR) is 57.5 cm³/mol. The summed E-state index contributed by atoms with van der Waals surface area (Å²) >= 11 is 0. The number of hydrogen-bond donors (Lipinski definition) is 2. The summed E-state index contributed by atoms with van der Waals surface area (Å²) in [6, 6.07) is 4.07. The summed E-state index contributed by atoms with van der Waals surface area (Å²) in [5.74, 6) is 0.955. The maximum absolute atomic E-state index is 9.78. The zero-order valence-electron chi connectivity index (χ0n) is 9.02. The van der Waals surface area contributed by atoms with Crippen molar-refractivity contribution in [2.45, 2.75) is 25.6 Å². The van der Waals surface area contributed by atoms with Crippen LogP contribution in [0, 0.1) is 0 Å². The topological polar surface area (TPSA) is 48.6 Å². The Kier molecular flexibility index (Phi) is 3.41. The average molecular weight is 210 g/mol. The summed E-state index contributed by atoms with van der Waals surface area (Å²) in [5.41, 5.74) is 0. The minimum atomic E-state index is -0.264. The summed E-state index contributed by atoms with van der Waals surface area (Å²) < 4.78 is 5.32. The first-order valence-electron chi connectivity index (χ1n) is 5.46. The van der Waals surface area contributed by atoms with Gasteiger partial charge in [0, 0.05) is 19.1 Å². The summed E-state index contributed by atoms with van der Waals surface area (Å²) in [6.45, 7) is 5.35. The van der Waals surface area contributed by atoms with Crippen LogP contribution < -0.4 is 5.32 Å². The van der Waals surface area contributed by atoms with Crippen molar-refractivity contribution in [1.82, 2.24) is 10.2 Å². The molecule has 0 radical (unpaired) electrons. The molecule has 1 saturated heterocycles. The number of aliphatic hydroxyl groups is 1. The zero-order valence-corrected chi connectivity index (χ0v) is 9.02. The fraction of sp³-hybridized carbons (Fsp3) is 0.636. The Bertz CT molecular complexity index is 287. The molecule has 1 aliphatic rings. The molecule has 1 aromatic rings. The Morgan fingerprint density at radius 1 is 1.60 bits per heavy atom. The third-order valence-electron chi connectivity index (χ3n) is 2.97. The van der Waals surface area contributed by atoms with Crippen LogP contribution in [0.25, 0.3) is 0 Å². The molecule has 0 aromatic carbocycles. The summed E-state index contributed by atoms with van der Waals surface area (Å²) in [5, 5.41) is 13.0. The third kappa shape index (κ3) is 2.40. The van der Waals surface area contributed by atoms with Gasteiger partial charge in [-0.25, -0.2) is 0 Å². The van der Waals surface area contributed by atoms with E-state index in [1.54, 1.807) is 6.26 Å². The first-order chi connectivity index (χ1) is 7.31. The molecular formula is C11H18N2O2. The average Bonchev–Trinajstić information content (AvgIpc) is 2.85. The molecule has 15 heavy (non-hydrogen) atoms. The number of nitrogens with zero attached hydrogens (tertiary/aromatic N) is 1. The van der Waals surface area contributed by atoms with E-state index in [0.717, 1.165) is 25.4 Å². The van der Waals surface area contributed by atoms with Crippen LogP contribution in [0.1, 0.15) is 12.7 Å². The van der Waals surface area contributed by atoms with Crippen LogP contribution >= 0.6 is 0 Å². The Morgan fingerprint density at radius 3 is 3.00 bits per heavy atom. The van der Waals surface area contributed by atoms with E-state index in [1.165, 1.54) is 0 Å². The largest absolute Gasteiger partial charge is 0.468 e. The van der Waals surface area contributed by atoms with E-state index >= 15 is 0 Å². The normalized spacial score (nSPS) is 26.3. The van der Waals surface area contributed by atoms with Gasteiger partial charge in [-0.2, -0.15) is 0 Å². The minimum Gasteiger partial charge on any atom is -0.468 e. The van der Waals surface area contributed by atoms with Crippen molar-refractivity contribution >= 4 is 0 Å². The number of hydrogen-bond acceptors (Lipinski definition) is 4. The maximum Gasteiger partial charge on any atom is 0.117 e. The molecule has 4 heteroatoms. The van der Waals surface area contributed by atoms with Crippen LogP contribution in [-0.2, 0) is 6.54 Å². The van der Waals surface area contributed by atoms with Crippen LogP contribution in [0.3, 0.4) is 0 Å². The van der Waals surface area contributed by atoms with E-state index < -0.39 is 0 Å². The highest BCUT2D eigenvalue weighted by Gasteiger charge is 2.29. The highest BCUT2D eigenvalue weighted by atomic mass is 16.3. The van der Waals surface area contributed by atoms with Gasteiger partial charge in [0.2, 0.25) is 0 Å². The second-order valence-electron chi connectivity index (χ2n) is 3.94. The van der Waals surface area contributed by atoms with E-state index in [4.69, 9.17) is 4.42 Å². The van der Waals surface area contributed by atoms with Crippen molar-refractivity contribution < 1.29 is 9.52 Å². The molecule has 2 atom stereocenters. The smallest absolute Gasteiger partial charge is 0.117 e. The Balaban J connectivity index is 1.97. The van der Waals surface area contributed by atoms with Crippen molar-refractivity contribution in [3.63, 3.8) is 0 Å². The molecular weight excluding hydrogens is 192 g/mol. The van der Waals surface area contributed by atoms with Crippen molar-refractivity contribution in [2.24, 2.45) is 0 Å². The number of β-amino-alcohol motifs (C(OH)–C–C–N with tert-alkyl or cyclic N) is 1. The second-order valence-corrected chi connectivity index (χ2v) is 3.94. The summed E-state index contributed by atoms with van der Waals surface area (Å²) in [6.07, 6.45) is 1.42. The van der Waals surface area contributed by atoms with Gasteiger partial charge in [-0.3, -0.25) is 4.90 Å². The van der Waals surface area contributed by atoms with Gasteiger partial charge in [0.1, 0.15) is 5.76 Å². The summed E-state index contributed by atoms with van der Waals surface area (Å²) in [7, 11) is 0. The Labute approximate surface area is 89.9 Å². The van der Waals surface area contributed by atoms with Gasteiger partial charge in [0.15, 0.2) is 0 Å². The van der Waals surface area contributed by atoms with Gasteiger partial charge in [0.25, 0.3) is 0 Å². The van der Waals surface area contributed by atoms with E-state index in [1.807, 2.05) is 12.1 Å². The first kappa shape index (κ1) is 10.7. The molecule has 2 heterocycles. The SMILES string of the molecule is CCN(Cc1ccco1)[C@@H]1CNC[C@H]1O. The zero-order chi connectivity index (χ0) is 10.7. The van der Waals surface area contributed by atoms with E-state index in [-0.39, 0.29) is 12.1 Å². The molecule has 0 spiro atoms. The number of likely N-dealkylation sites (N-methyl/N-ethyl adjacent to an activating group) is 1. The molecule has 2 rings (SSSR count). The monoisotopic (exact) mass is 210 g/mol. The fourth-order valence-electron chi connectivity index (χ4n) is 2.09. The molecule has 1 aliphatic heterocycles. The molecule has 0 unspecified atom stereocenters. The number of furan rings is 1. The van der Waals surface area contributed by atoms with Crippen LogP contribution in [0.2, 0.25) is 0 Å². The number of rotatable bonds is 4. The van der Waals surface area contributed by atoms with Crippen molar-refractivity contribution in [3.05, 3.63) is 24.2 Å². The van der Waals surface area contributed by atoms with E-state index in [0.29, 0.717) is 6.54 Å². The van der Waals surface area contributed by atoms with Crippen molar-refractivity contribution in [2.75, 3.05) is 19.6 Å². The van der Waals surface area contributed by atoms with Crippen LogP contribution in [0.15, 0.2) is 22.8 Å². The van der Waals surface area contributed by atoms with Crippen LogP contribution in [0.5, 0.6) is 0 Å². The molecule has 1 fully saturated rings. The van der Waals surface area contributed by atoms with Gasteiger partial charge in [-0.15, -0.1) is 0 Å². The molecule has 0 aliphatic carbocycles.